The molecule has 1 aromatic heterocycles. The number of hydrogen-bond donors (Lipinski definition) is 1. The number of hydrogen-bond acceptors (Lipinski definition) is 4. The van der Waals surface area contributed by atoms with E-state index < -0.39 is 0 Å². The lowest BCUT2D eigenvalue weighted by Crippen LogP contribution is -1.98. The number of benzene rings is 1. The average molecular weight is 254 g/mol. The number of rotatable bonds is 4. The summed E-state index contributed by atoms with van der Waals surface area (Å²) in [4.78, 5) is 4.33. The molecule has 0 saturated heterocycles. The van der Waals surface area contributed by atoms with Crippen molar-refractivity contribution in [2.75, 3.05) is 5.32 Å². The Labute approximate surface area is 104 Å². The summed E-state index contributed by atoms with van der Waals surface area (Å²) in [7, 11) is 0. The molecule has 0 aliphatic rings. The Bertz CT molecular complexity index is 470. The molecule has 0 bridgehead atoms. The van der Waals surface area contributed by atoms with E-state index in [1.165, 1.54) is 11.5 Å². The molecule has 0 aliphatic heterocycles. The Balaban J connectivity index is 1.96. The number of aromatic nitrogens is 2. The Kier molecular flexibility index (Phi) is 3.74. The van der Waals surface area contributed by atoms with Gasteiger partial charge in [-0.15, -0.1) is 0 Å². The van der Waals surface area contributed by atoms with Crippen molar-refractivity contribution in [3.05, 3.63) is 40.7 Å². The lowest BCUT2D eigenvalue weighted by atomic mass is 10.2. The largest absolute Gasteiger partial charge is 0.356 e. The average Bonchev–Trinajstić information content (AvgIpc) is 2.74. The van der Waals surface area contributed by atoms with Crippen molar-refractivity contribution in [3.8, 4) is 0 Å². The maximum atomic E-state index is 5.90. The molecule has 5 heteroatoms. The molecule has 0 aliphatic carbocycles. The molecule has 84 valence electrons. The highest BCUT2D eigenvalue weighted by molar-refractivity contribution is 7.09. The topological polar surface area (TPSA) is 37.8 Å². The second-order valence-electron chi connectivity index (χ2n) is 3.35. The van der Waals surface area contributed by atoms with Crippen LogP contribution in [-0.2, 0) is 13.0 Å². The summed E-state index contributed by atoms with van der Waals surface area (Å²) in [5, 5.41) is 4.84. The lowest BCUT2D eigenvalue weighted by molar-refractivity contribution is 0.993. The quantitative estimate of drug-likeness (QED) is 0.908. The van der Waals surface area contributed by atoms with E-state index in [0.29, 0.717) is 0 Å². The van der Waals surface area contributed by atoms with Gasteiger partial charge in [-0.25, -0.2) is 4.98 Å². The summed E-state index contributed by atoms with van der Waals surface area (Å²) in [6.45, 7) is 2.77. The SMILES string of the molecule is CCc1nsc(NCc2cccc(Cl)c2)n1. The van der Waals surface area contributed by atoms with Gasteiger partial charge in [0.1, 0.15) is 5.82 Å². The van der Waals surface area contributed by atoms with Gasteiger partial charge in [-0.05, 0) is 17.7 Å². The van der Waals surface area contributed by atoms with Crippen LogP contribution in [0.25, 0.3) is 0 Å². The van der Waals surface area contributed by atoms with E-state index in [9.17, 15) is 0 Å². The predicted octanol–water partition coefficient (Wildman–Crippen LogP) is 3.37. The van der Waals surface area contributed by atoms with E-state index in [1.807, 2.05) is 31.2 Å². The van der Waals surface area contributed by atoms with E-state index in [-0.39, 0.29) is 0 Å². The molecular formula is C11H12ClN3S. The second-order valence-corrected chi connectivity index (χ2v) is 4.54. The fourth-order valence-electron chi connectivity index (χ4n) is 1.29. The summed E-state index contributed by atoms with van der Waals surface area (Å²) in [6, 6.07) is 7.78. The summed E-state index contributed by atoms with van der Waals surface area (Å²) in [6.07, 6.45) is 0.870. The van der Waals surface area contributed by atoms with Crippen molar-refractivity contribution in [1.29, 1.82) is 0 Å². The first kappa shape index (κ1) is 11.4. The number of nitrogens with one attached hydrogen (secondary N) is 1. The van der Waals surface area contributed by atoms with Crippen LogP contribution in [0.1, 0.15) is 18.3 Å². The van der Waals surface area contributed by atoms with Crippen LogP contribution >= 0.6 is 23.1 Å². The molecule has 0 spiro atoms. The summed E-state index contributed by atoms with van der Waals surface area (Å²) >= 11 is 7.29. The third kappa shape index (κ3) is 2.93. The minimum atomic E-state index is 0.721. The third-order valence-electron chi connectivity index (χ3n) is 2.12. The monoisotopic (exact) mass is 253 g/mol. The minimum Gasteiger partial charge on any atom is -0.356 e. The Hall–Kier alpha value is -1.13. The van der Waals surface area contributed by atoms with Crippen LogP contribution in [0.2, 0.25) is 5.02 Å². The first-order valence-electron chi connectivity index (χ1n) is 5.09. The van der Waals surface area contributed by atoms with Gasteiger partial charge >= 0.3 is 0 Å². The van der Waals surface area contributed by atoms with Crippen molar-refractivity contribution in [2.24, 2.45) is 0 Å². The second kappa shape index (κ2) is 5.27. The lowest BCUT2D eigenvalue weighted by Gasteiger charge is -2.02. The molecule has 0 saturated carbocycles. The molecule has 0 fully saturated rings. The van der Waals surface area contributed by atoms with Crippen molar-refractivity contribution in [2.45, 2.75) is 19.9 Å². The van der Waals surface area contributed by atoms with E-state index in [2.05, 4.69) is 14.7 Å². The summed E-state index contributed by atoms with van der Waals surface area (Å²) in [5.41, 5.74) is 1.14. The van der Waals surface area contributed by atoms with Crippen LogP contribution in [0.15, 0.2) is 24.3 Å². The fourth-order valence-corrected chi connectivity index (χ4v) is 2.15. The third-order valence-corrected chi connectivity index (χ3v) is 3.06. The fraction of sp³-hybridized carbons (Fsp3) is 0.273. The molecular weight excluding hydrogens is 242 g/mol. The predicted molar refractivity (Wildman–Crippen MR) is 68.1 cm³/mol. The molecule has 0 radical (unpaired) electrons. The molecule has 0 unspecified atom stereocenters. The summed E-state index contributed by atoms with van der Waals surface area (Å²) in [5.74, 6) is 0.888. The molecule has 1 aromatic carbocycles. The normalized spacial score (nSPS) is 10.4. The standard InChI is InChI=1S/C11H12ClN3S/c1-2-10-14-11(16-15-10)13-7-8-4-3-5-9(12)6-8/h3-6H,2,7H2,1H3,(H,13,14,15). The van der Waals surface area contributed by atoms with Crippen LogP contribution in [0.3, 0.4) is 0 Å². The van der Waals surface area contributed by atoms with E-state index >= 15 is 0 Å². The molecule has 2 aromatic rings. The Morgan fingerprint density at radius 3 is 3.00 bits per heavy atom. The van der Waals surface area contributed by atoms with Gasteiger partial charge in [0.15, 0.2) is 0 Å². The van der Waals surface area contributed by atoms with Crippen LogP contribution in [0.5, 0.6) is 0 Å². The first-order chi connectivity index (χ1) is 7.78. The van der Waals surface area contributed by atoms with Crippen molar-refractivity contribution in [1.82, 2.24) is 9.36 Å². The molecule has 0 amide bonds. The highest BCUT2D eigenvalue weighted by Gasteiger charge is 2.01. The number of nitrogens with zero attached hydrogens (tertiary/aromatic N) is 2. The molecule has 3 nitrogen and oxygen atoms in total. The van der Waals surface area contributed by atoms with Gasteiger partial charge in [-0.1, -0.05) is 30.7 Å². The molecule has 1 heterocycles. The zero-order chi connectivity index (χ0) is 11.4. The Morgan fingerprint density at radius 2 is 2.31 bits per heavy atom. The van der Waals surface area contributed by atoms with Crippen LogP contribution in [0, 0.1) is 0 Å². The van der Waals surface area contributed by atoms with Crippen LogP contribution in [0.4, 0.5) is 5.13 Å². The number of aryl methyl sites for hydroxylation is 1. The van der Waals surface area contributed by atoms with Crippen molar-refractivity contribution in [3.63, 3.8) is 0 Å². The van der Waals surface area contributed by atoms with Gasteiger partial charge in [0.05, 0.1) is 0 Å². The van der Waals surface area contributed by atoms with E-state index in [0.717, 1.165) is 34.5 Å². The maximum absolute atomic E-state index is 5.90. The van der Waals surface area contributed by atoms with Crippen LogP contribution in [-0.4, -0.2) is 9.36 Å². The smallest absolute Gasteiger partial charge is 0.202 e. The number of halogens is 1. The van der Waals surface area contributed by atoms with Gasteiger partial charge in [0.2, 0.25) is 5.13 Å². The van der Waals surface area contributed by atoms with Crippen LogP contribution < -0.4 is 5.32 Å². The maximum Gasteiger partial charge on any atom is 0.202 e. The van der Waals surface area contributed by atoms with Gasteiger partial charge in [-0.3, -0.25) is 0 Å². The Morgan fingerprint density at radius 1 is 1.44 bits per heavy atom. The zero-order valence-corrected chi connectivity index (χ0v) is 10.5. The van der Waals surface area contributed by atoms with Gasteiger partial charge < -0.3 is 5.32 Å². The zero-order valence-electron chi connectivity index (χ0n) is 8.90. The molecule has 16 heavy (non-hydrogen) atoms. The van der Waals surface area contributed by atoms with E-state index in [4.69, 9.17) is 11.6 Å². The first-order valence-corrected chi connectivity index (χ1v) is 6.24. The highest BCUT2D eigenvalue weighted by atomic mass is 35.5. The van der Waals surface area contributed by atoms with Gasteiger partial charge in [-0.2, -0.15) is 4.37 Å². The van der Waals surface area contributed by atoms with Crippen molar-refractivity contribution >= 4 is 28.3 Å². The summed E-state index contributed by atoms with van der Waals surface area (Å²) < 4.78 is 4.21. The van der Waals surface area contributed by atoms with Gasteiger partial charge in [0, 0.05) is 29.5 Å². The molecule has 1 N–H and O–H groups in total. The molecule has 0 atom stereocenters. The van der Waals surface area contributed by atoms with Gasteiger partial charge in [0.25, 0.3) is 0 Å². The minimum absolute atomic E-state index is 0.721. The molecule has 2 rings (SSSR count). The van der Waals surface area contributed by atoms with Crippen molar-refractivity contribution < 1.29 is 0 Å². The highest BCUT2D eigenvalue weighted by Crippen LogP contribution is 2.15. The van der Waals surface area contributed by atoms with E-state index in [1.54, 1.807) is 0 Å². The number of anilines is 1.